The van der Waals surface area contributed by atoms with E-state index in [9.17, 15) is 9.59 Å². The lowest BCUT2D eigenvalue weighted by Gasteiger charge is -2.19. The second kappa shape index (κ2) is 7.02. The smallest absolute Gasteiger partial charge is 0.316 e. The lowest BCUT2D eigenvalue weighted by molar-refractivity contribution is -0.139. The Bertz CT molecular complexity index is 1240. The third-order valence-electron chi connectivity index (χ3n) is 5.32. The van der Waals surface area contributed by atoms with Gasteiger partial charge in [-0.05, 0) is 23.6 Å². The maximum Gasteiger partial charge on any atom is 0.316 e. The monoisotopic (exact) mass is 382 g/mol. The molecule has 1 atom stereocenters. The van der Waals surface area contributed by atoms with Crippen molar-refractivity contribution in [2.24, 2.45) is 5.92 Å². The van der Waals surface area contributed by atoms with Crippen LogP contribution in [-0.4, -0.2) is 23.4 Å². The van der Waals surface area contributed by atoms with E-state index in [4.69, 9.17) is 4.74 Å². The number of amides is 1. The number of ether oxygens (including phenoxy) is 1. The highest BCUT2D eigenvalue weighted by Gasteiger charge is 2.37. The van der Waals surface area contributed by atoms with Crippen molar-refractivity contribution >= 4 is 39.2 Å². The number of para-hydroxylation sites is 1. The second-order valence-corrected chi connectivity index (χ2v) is 7.16. The largest absolute Gasteiger partial charge is 0.424 e. The van der Waals surface area contributed by atoms with Gasteiger partial charge in [0.2, 0.25) is 5.91 Å². The molecule has 0 unspecified atom stereocenters. The zero-order valence-corrected chi connectivity index (χ0v) is 15.6. The summed E-state index contributed by atoms with van der Waals surface area (Å²) >= 11 is 0. The average Bonchev–Trinajstić information content (AvgIpc) is 3.15. The number of esters is 1. The number of anilines is 1. The Morgan fingerprint density at radius 2 is 1.69 bits per heavy atom. The fourth-order valence-corrected chi connectivity index (χ4v) is 3.89. The molecule has 5 nitrogen and oxygen atoms in total. The first-order chi connectivity index (χ1) is 14.2. The molecule has 0 radical (unpaired) electrons. The molecule has 1 fully saturated rings. The van der Waals surface area contributed by atoms with Crippen molar-refractivity contribution in [2.45, 2.75) is 6.42 Å². The molecule has 5 rings (SSSR count). The predicted molar refractivity (Wildman–Crippen MR) is 112 cm³/mol. The van der Waals surface area contributed by atoms with Crippen molar-refractivity contribution in [3.63, 3.8) is 0 Å². The quantitative estimate of drug-likeness (QED) is 0.390. The number of carbonyl (C=O) groups excluding carboxylic acids is 2. The Hall–Kier alpha value is -3.73. The van der Waals surface area contributed by atoms with Crippen molar-refractivity contribution < 1.29 is 14.3 Å². The highest BCUT2D eigenvalue weighted by atomic mass is 16.5. The maximum atomic E-state index is 12.8. The van der Waals surface area contributed by atoms with Crippen LogP contribution in [0.3, 0.4) is 0 Å². The molecule has 29 heavy (non-hydrogen) atoms. The molecule has 0 bridgehead atoms. The predicted octanol–water partition coefficient (Wildman–Crippen LogP) is 4.35. The van der Waals surface area contributed by atoms with E-state index in [1.807, 2.05) is 66.7 Å². The number of rotatable bonds is 3. The minimum Gasteiger partial charge on any atom is -0.424 e. The van der Waals surface area contributed by atoms with Gasteiger partial charge in [0, 0.05) is 29.9 Å². The fraction of sp³-hybridized carbons (Fsp3) is 0.125. The molecular formula is C24H18N2O3. The molecule has 1 amide bonds. The number of hydrogen-bond donors (Lipinski definition) is 0. The summed E-state index contributed by atoms with van der Waals surface area (Å²) in [7, 11) is 0. The molecule has 1 aromatic heterocycles. The van der Waals surface area contributed by atoms with E-state index < -0.39 is 11.9 Å². The number of aromatic nitrogens is 1. The Kier molecular flexibility index (Phi) is 4.21. The second-order valence-electron chi connectivity index (χ2n) is 7.16. The van der Waals surface area contributed by atoms with Gasteiger partial charge in [-0.3, -0.25) is 14.6 Å². The average molecular weight is 382 g/mol. The van der Waals surface area contributed by atoms with Crippen LogP contribution in [0.2, 0.25) is 0 Å². The first-order valence-corrected chi connectivity index (χ1v) is 9.54. The van der Waals surface area contributed by atoms with Gasteiger partial charge in [-0.1, -0.05) is 54.6 Å². The molecule has 1 saturated heterocycles. The van der Waals surface area contributed by atoms with Crippen LogP contribution in [0.5, 0.6) is 5.75 Å². The number of fused-ring (bicyclic) bond motifs is 2. The number of hydrogen-bond acceptors (Lipinski definition) is 4. The molecule has 0 saturated carbocycles. The molecular weight excluding hydrogens is 364 g/mol. The molecule has 0 aliphatic carbocycles. The fourth-order valence-electron chi connectivity index (χ4n) is 3.89. The summed E-state index contributed by atoms with van der Waals surface area (Å²) in [4.78, 5) is 31.5. The first kappa shape index (κ1) is 17.4. The lowest BCUT2D eigenvalue weighted by atomic mass is 10.1. The first-order valence-electron chi connectivity index (χ1n) is 9.54. The normalized spacial score (nSPS) is 16.5. The summed E-state index contributed by atoms with van der Waals surface area (Å²) in [6.07, 6.45) is 1.81. The molecule has 1 aliphatic heterocycles. The standard InChI is InChI=1S/C24H18N2O3/c27-22-14-18(15-26(22)20-11-3-7-16-6-1-2-10-19(16)20)24(28)29-21-12-4-8-17-9-5-13-25-23(17)21/h1-13,18H,14-15H2/t18-/m0/s1. The van der Waals surface area contributed by atoms with Crippen LogP contribution in [0.4, 0.5) is 5.69 Å². The van der Waals surface area contributed by atoms with Gasteiger partial charge in [0.15, 0.2) is 5.75 Å². The van der Waals surface area contributed by atoms with Crippen molar-refractivity contribution in [3.8, 4) is 5.75 Å². The van der Waals surface area contributed by atoms with Gasteiger partial charge >= 0.3 is 5.97 Å². The van der Waals surface area contributed by atoms with Gasteiger partial charge < -0.3 is 9.64 Å². The molecule has 2 heterocycles. The van der Waals surface area contributed by atoms with E-state index in [-0.39, 0.29) is 12.3 Å². The van der Waals surface area contributed by atoms with E-state index in [2.05, 4.69) is 4.98 Å². The summed E-state index contributed by atoms with van der Waals surface area (Å²) in [5.41, 5.74) is 1.47. The molecule has 4 aromatic rings. The Morgan fingerprint density at radius 1 is 0.931 bits per heavy atom. The maximum absolute atomic E-state index is 12.8. The van der Waals surface area contributed by atoms with Crippen LogP contribution in [0.15, 0.2) is 79.0 Å². The zero-order chi connectivity index (χ0) is 19.8. The van der Waals surface area contributed by atoms with Gasteiger partial charge in [0.05, 0.1) is 11.6 Å². The highest BCUT2D eigenvalue weighted by Crippen LogP contribution is 2.32. The van der Waals surface area contributed by atoms with Crippen LogP contribution in [0.1, 0.15) is 6.42 Å². The van der Waals surface area contributed by atoms with E-state index >= 15 is 0 Å². The summed E-state index contributed by atoms with van der Waals surface area (Å²) in [5.74, 6) is -0.566. The Morgan fingerprint density at radius 3 is 2.62 bits per heavy atom. The van der Waals surface area contributed by atoms with E-state index in [1.54, 1.807) is 17.2 Å². The zero-order valence-electron chi connectivity index (χ0n) is 15.6. The summed E-state index contributed by atoms with van der Waals surface area (Å²) in [6.45, 7) is 0.309. The SMILES string of the molecule is O=C(Oc1cccc2cccnc12)[C@H]1CC(=O)N(c2cccc3ccccc23)C1. The third kappa shape index (κ3) is 3.10. The number of benzene rings is 3. The number of carbonyl (C=O) groups is 2. The van der Waals surface area contributed by atoms with E-state index in [0.29, 0.717) is 17.8 Å². The molecule has 142 valence electrons. The number of pyridine rings is 1. The van der Waals surface area contributed by atoms with Gasteiger partial charge in [-0.15, -0.1) is 0 Å². The van der Waals surface area contributed by atoms with Gasteiger partial charge in [-0.2, -0.15) is 0 Å². The van der Waals surface area contributed by atoms with Gasteiger partial charge in [0.1, 0.15) is 5.52 Å². The van der Waals surface area contributed by atoms with Crippen molar-refractivity contribution in [2.75, 3.05) is 11.4 Å². The number of nitrogens with zero attached hydrogens (tertiary/aromatic N) is 2. The minimum atomic E-state index is -0.513. The topological polar surface area (TPSA) is 59.5 Å². The third-order valence-corrected chi connectivity index (χ3v) is 5.32. The van der Waals surface area contributed by atoms with Gasteiger partial charge in [-0.25, -0.2) is 0 Å². The summed E-state index contributed by atoms with van der Waals surface area (Å²) in [6, 6.07) is 23.0. The Labute approximate surface area is 167 Å². The summed E-state index contributed by atoms with van der Waals surface area (Å²) in [5, 5.41) is 2.96. The van der Waals surface area contributed by atoms with E-state index in [0.717, 1.165) is 21.8 Å². The molecule has 0 N–H and O–H groups in total. The van der Waals surface area contributed by atoms with Gasteiger partial charge in [0.25, 0.3) is 0 Å². The molecule has 3 aromatic carbocycles. The molecule has 0 spiro atoms. The minimum absolute atomic E-state index is 0.0700. The molecule has 1 aliphatic rings. The molecule has 5 heteroatoms. The highest BCUT2D eigenvalue weighted by molar-refractivity contribution is 6.06. The van der Waals surface area contributed by atoms with Crippen LogP contribution >= 0.6 is 0 Å². The Balaban J connectivity index is 1.40. The lowest BCUT2D eigenvalue weighted by Crippen LogP contribution is -2.27. The summed E-state index contributed by atoms with van der Waals surface area (Å²) < 4.78 is 5.65. The van der Waals surface area contributed by atoms with Crippen LogP contribution in [0.25, 0.3) is 21.7 Å². The van der Waals surface area contributed by atoms with Crippen molar-refractivity contribution in [3.05, 3.63) is 79.0 Å². The van der Waals surface area contributed by atoms with Crippen LogP contribution < -0.4 is 9.64 Å². The van der Waals surface area contributed by atoms with Crippen molar-refractivity contribution in [1.82, 2.24) is 4.98 Å². The van der Waals surface area contributed by atoms with Crippen LogP contribution in [-0.2, 0) is 9.59 Å². The van der Waals surface area contributed by atoms with Crippen molar-refractivity contribution in [1.29, 1.82) is 0 Å². The van der Waals surface area contributed by atoms with E-state index in [1.165, 1.54) is 0 Å². The van der Waals surface area contributed by atoms with Crippen LogP contribution in [0, 0.1) is 5.92 Å².